The molecule has 92 valence electrons. The molecule has 2 rings (SSSR count). The van der Waals surface area contributed by atoms with Crippen LogP contribution >= 0.6 is 0 Å². The Morgan fingerprint density at radius 2 is 1.62 bits per heavy atom. The molecule has 1 heterocycles. The Balaban J connectivity index is 2.01. The lowest BCUT2D eigenvalue weighted by Crippen LogP contribution is -2.43. The van der Waals surface area contributed by atoms with Gasteiger partial charge < -0.3 is 4.90 Å². The van der Waals surface area contributed by atoms with Crippen molar-refractivity contribution in [2.45, 2.75) is 77.0 Å². The first-order valence-corrected chi connectivity index (χ1v) is 6.78. The summed E-state index contributed by atoms with van der Waals surface area (Å²) < 4.78 is 0. The third-order valence-electron chi connectivity index (χ3n) is 4.00. The van der Waals surface area contributed by atoms with E-state index in [9.17, 15) is 4.79 Å². The molecule has 16 heavy (non-hydrogen) atoms. The fourth-order valence-corrected chi connectivity index (χ4v) is 3.14. The fourth-order valence-electron chi connectivity index (χ4n) is 3.14. The molecule has 1 saturated carbocycles. The van der Waals surface area contributed by atoms with Gasteiger partial charge in [-0.3, -0.25) is 10.1 Å². The SMILES string of the molecule is CC1NC(C)N(C2CCCCCCC2)C1=O. The third-order valence-corrected chi connectivity index (χ3v) is 4.00. The van der Waals surface area contributed by atoms with Gasteiger partial charge in [-0.1, -0.05) is 32.1 Å². The Morgan fingerprint density at radius 3 is 2.12 bits per heavy atom. The second-order valence-corrected chi connectivity index (χ2v) is 5.31. The molecule has 2 aliphatic rings. The summed E-state index contributed by atoms with van der Waals surface area (Å²) >= 11 is 0. The van der Waals surface area contributed by atoms with Crippen LogP contribution in [0.15, 0.2) is 0 Å². The van der Waals surface area contributed by atoms with E-state index in [1.165, 1.54) is 44.9 Å². The first-order chi connectivity index (χ1) is 7.70. The van der Waals surface area contributed by atoms with E-state index in [0.29, 0.717) is 11.9 Å². The van der Waals surface area contributed by atoms with E-state index in [1.807, 2.05) is 6.92 Å². The van der Waals surface area contributed by atoms with Gasteiger partial charge in [-0.2, -0.15) is 0 Å². The van der Waals surface area contributed by atoms with Gasteiger partial charge in [0.25, 0.3) is 0 Å². The van der Waals surface area contributed by atoms with Gasteiger partial charge in [0, 0.05) is 6.04 Å². The highest BCUT2D eigenvalue weighted by molar-refractivity contribution is 5.84. The highest BCUT2D eigenvalue weighted by Crippen LogP contribution is 2.25. The van der Waals surface area contributed by atoms with Gasteiger partial charge in [0.2, 0.25) is 5.91 Å². The van der Waals surface area contributed by atoms with E-state index in [2.05, 4.69) is 17.1 Å². The minimum atomic E-state index is 0.0143. The minimum absolute atomic E-state index is 0.0143. The van der Waals surface area contributed by atoms with Gasteiger partial charge >= 0.3 is 0 Å². The summed E-state index contributed by atoms with van der Waals surface area (Å²) in [6.45, 7) is 4.09. The molecule has 0 spiro atoms. The van der Waals surface area contributed by atoms with Gasteiger partial charge in [0.15, 0.2) is 0 Å². The van der Waals surface area contributed by atoms with Crippen LogP contribution in [0.3, 0.4) is 0 Å². The molecule has 2 fully saturated rings. The van der Waals surface area contributed by atoms with E-state index in [4.69, 9.17) is 0 Å². The van der Waals surface area contributed by atoms with Crippen molar-refractivity contribution < 1.29 is 4.79 Å². The van der Waals surface area contributed by atoms with Crippen molar-refractivity contribution in [2.24, 2.45) is 0 Å². The Bertz CT molecular complexity index is 246. The predicted molar refractivity (Wildman–Crippen MR) is 65.0 cm³/mol. The van der Waals surface area contributed by atoms with Crippen molar-refractivity contribution in [3.63, 3.8) is 0 Å². The predicted octanol–water partition coefficient (Wildman–Crippen LogP) is 2.27. The average molecular weight is 224 g/mol. The largest absolute Gasteiger partial charge is 0.323 e. The number of hydrogen-bond donors (Lipinski definition) is 1. The molecule has 0 bridgehead atoms. The summed E-state index contributed by atoms with van der Waals surface area (Å²) in [5.74, 6) is 0.304. The molecule has 1 aliphatic carbocycles. The van der Waals surface area contributed by atoms with Crippen molar-refractivity contribution in [1.82, 2.24) is 10.2 Å². The van der Waals surface area contributed by atoms with Crippen LogP contribution in [0.1, 0.15) is 58.8 Å². The van der Waals surface area contributed by atoms with Crippen molar-refractivity contribution in [1.29, 1.82) is 0 Å². The van der Waals surface area contributed by atoms with Gasteiger partial charge in [0.05, 0.1) is 12.2 Å². The summed E-state index contributed by atoms with van der Waals surface area (Å²) in [7, 11) is 0. The molecular weight excluding hydrogens is 200 g/mol. The number of amides is 1. The van der Waals surface area contributed by atoms with Gasteiger partial charge in [-0.05, 0) is 26.7 Å². The van der Waals surface area contributed by atoms with Gasteiger partial charge in [-0.15, -0.1) is 0 Å². The molecule has 1 aliphatic heterocycles. The van der Waals surface area contributed by atoms with Crippen molar-refractivity contribution in [3.8, 4) is 0 Å². The topological polar surface area (TPSA) is 32.3 Å². The van der Waals surface area contributed by atoms with Crippen molar-refractivity contribution in [2.75, 3.05) is 0 Å². The molecule has 0 aromatic rings. The van der Waals surface area contributed by atoms with E-state index in [1.54, 1.807) is 0 Å². The zero-order valence-corrected chi connectivity index (χ0v) is 10.5. The number of rotatable bonds is 1. The zero-order valence-electron chi connectivity index (χ0n) is 10.5. The second-order valence-electron chi connectivity index (χ2n) is 5.31. The highest BCUT2D eigenvalue weighted by atomic mass is 16.2. The van der Waals surface area contributed by atoms with Crippen LogP contribution in [0, 0.1) is 0 Å². The first kappa shape index (κ1) is 11.9. The van der Waals surface area contributed by atoms with E-state index < -0.39 is 0 Å². The Hall–Kier alpha value is -0.570. The number of nitrogens with zero attached hydrogens (tertiary/aromatic N) is 1. The number of carbonyl (C=O) groups is 1. The summed E-state index contributed by atoms with van der Waals surface area (Å²) in [6, 6.07) is 0.501. The maximum Gasteiger partial charge on any atom is 0.240 e. The normalized spacial score (nSPS) is 33.9. The quantitative estimate of drug-likeness (QED) is 0.741. The zero-order chi connectivity index (χ0) is 11.5. The summed E-state index contributed by atoms with van der Waals surface area (Å²) in [6.07, 6.45) is 9.27. The van der Waals surface area contributed by atoms with Gasteiger partial charge in [0.1, 0.15) is 0 Å². The lowest BCUT2D eigenvalue weighted by molar-refractivity contribution is -0.132. The van der Waals surface area contributed by atoms with Crippen LogP contribution < -0.4 is 5.32 Å². The van der Waals surface area contributed by atoms with Crippen molar-refractivity contribution >= 4 is 5.91 Å². The Labute approximate surface area is 98.6 Å². The van der Waals surface area contributed by atoms with Crippen molar-refractivity contribution in [3.05, 3.63) is 0 Å². The molecule has 2 atom stereocenters. The molecule has 2 unspecified atom stereocenters. The minimum Gasteiger partial charge on any atom is -0.323 e. The maximum absolute atomic E-state index is 12.1. The molecule has 0 aromatic carbocycles. The summed E-state index contributed by atoms with van der Waals surface area (Å²) in [5, 5.41) is 3.33. The van der Waals surface area contributed by atoms with Crippen LogP contribution in [-0.4, -0.2) is 29.1 Å². The standard InChI is InChI=1S/C13H24N2O/c1-10-13(16)15(11(2)14-10)12-8-6-4-3-5-7-9-12/h10-12,14H,3-9H2,1-2H3. The highest BCUT2D eigenvalue weighted by Gasteiger charge is 2.37. The van der Waals surface area contributed by atoms with E-state index in [0.717, 1.165) is 0 Å². The van der Waals surface area contributed by atoms with Crippen LogP contribution in [-0.2, 0) is 4.79 Å². The molecule has 0 radical (unpaired) electrons. The lowest BCUT2D eigenvalue weighted by atomic mass is 9.95. The molecular formula is C13H24N2O. The molecule has 1 amide bonds. The first-order valence-electron chi connectivity index (χ1n) is 6.78. The number of hydrogen-bond acceptors (Lipinski definition) is 2. The third kappa shape index (κ3) is 2.40. The monoisotopic (exact) mass is 224 g/mol. The summed E-state index contributed by atoms with van der Waals surface area (Å²) in [5.41, 5.74) is 0. The van der Waals surface area contributed by atoms with Crippen LogP contribution in [0.5, 0.6) is 0 Å². The molecule has 0 aromatic heterocycles. The summed E-state index contributed by atoms with van der Waals surface area (Å²) in [4.78, 5) is 14.2. The maximum atomic E-state index is 12.1. The van der Waals surface area contributed by atoms with Crippen LogP contribution in [0.25, 0.3) is 0 Å². The number of carbonyl (C=O) groups excluding carboxylic acids is 1. The molecule has 3 heteroatoms. The van der Waals surface area contributed by atoms with Gasteiger partial charge in [-0.25, -0.2) is 0 Å². The molecule has 3 nitrogen and oxygen atoms in total. The van der Waals surface area contributed by atoms with E-state index in [-0.39, 0.29) is 12.2 Å². The molecule has 1 saturated heterocycles. The lowest BCUT2D eigenvalue weighted by Gasteiger charge is -2.32. The fraction of sp³-hybridized carbons (Fsp3) is 0.923. The van der Waals surface area contributed by atoms with Crippen LogP contribution in [0.4, 0.5) is 0 Å². The Kier molecular flexibility index (Phi) is 3.85. The second kappa shape index (κ2) is 5.17. The number of nitrogens with one attached hydrogen (secondary N) is 1. The van der Waals surface area contributed by atoms with Crippen LogP contribution in [0.2, 0.25) is 0 Å². The smallest absolute Gasteiger partial charge is 0.240 e. The van der Waals surface area contributed by atoms with E-state index >= 15 is 0 Å². The molecule has 1 N–H and O–H groups in total. The average Bonchev–Trinajstić information content (AvgIpc) is 2.43. The Morgan fingerprint density at radius 1 is 1.06 bits per heavy atom.